The summed E-state index contributed by atoms with van der Waals surface area (Å²) in [6, 6.07) is 4.78. The first-order valence-corrected chi connectivity index (χ1v) is 5.86. The fourth-order valence-corrected chi connectivity index (χ4v) is 1.74. The van der Waals surface area contributed by atoms with Crippen molar-refractivity contribution in [2.75, 3.05) is 18.2 Å². The zero-order valence-corrected chi connectivity index (χ0v) is 11.2. The smallest absolute Gasteiger partial charge is 0.260 e. The first kappa shape index (κ1) is 13.2. The molecular weight excluding hydrogens is 268 g/mol. The zero-order valence-electron chi connectivity index (χ0n) is 10.5. The van der Waals surface area contributed by atoms with Gasteiger partial charge >= 0.3 is 0 Å². The van der Waals surface area contributed by atoms with Crippen molar-refractivity contribution in [2.45, 2.75) is 6.92 Å². The van der Waals surface area contributed by atoms with Gasteiger partial charge in [0.2, 0.25) is 0 Å². The summed E-state index contributed by atoms with van der Waals surface area (Å²) in [5.41, 5.74) is 7.16. The van der Waals surface area contributed by atoms with E-state index in [4.69, 9.17) is 22.1 Å². The number of nitrogen functional groups attached to an aromatic ring is 1. The topological polar surface area (TPSA) is 93.0 Å². The van der Waals surface area contributed by atoms with Crippen LogP contribution in [0.1, 0.15) is 16.1 Å². The van der Waals surface area contributed by atoms with Gasteiger partial charge in [0, 0.05) is 5.02 Å². The molecule has 1 aromatic carbocycles. The summed E-state index contributed by atoms with van der Waals surface area (Å²) in [5.74, 6) is 0.315. The monoisotopic (exact) mass is 280 g/mol. The number of carbonyl (C=O) groups excluding carboxylic acids is 1. The van der Waals surface area contributed by atoms with Gasteiger partial charge in [0.15, 0.2) is 5.82 Å². The molecule has 2 aromatic rings. The molecule has 7 heteroatoms. The Morgan fingerprint density at radius 1 is 1.53 bits per heavy atom. The van der Waals surface area contributed by atoms with Crippen LogP contribution in [-0.4, -0.2) is 23.2 Å². The maximum atomic E-state index is 12.1. The average Bonchev–Trinajstić information content (AvgIpc) is 2.70. The summed E-state index contributed by atoms with van der Waals surface area (Å²) >= 11 is 5.87. The number of ether oxygens (including phenoxy) is 1. The number of amides is 1. The fraction of sp³-hybridized carbons (Fsp3) is 0.167. The lowest BCUT2D eigenvalue weighted by atomic mass is 10.2. The second-order valence-electron chi connectivity index (χ2n) is 3.91. The molecular formula is C12H13ClN4O2. The Morgan fingerprint density at radius 3 is 2.84 bits per heavy atom. The number of aryl methyl sites for hydroxylation is 1. The molecule has 0 saturated carbocycles. The lowest BCUT2D eigenvalue weighted by Gasteiger charge is -2.08. The van der Waals surface area contributed by atoms with Crippen molar-refractivity contribution in [3.8, 4) is 5.75 Å². The van der Waals surface area contributed by atoms with E-state index in [2.05, 4.69) is 15.5 Å². The number of anilines is 2. The highest BCUT2D eigenvalue weighted by atomic mass is 35.5. The summed E-state index contributed by atoms with van der Waals surface area (Å²) in [7, 11) is 1.48. The van der Waals surface area contributed by atoms with Crippen LogP contribution in [0.2, 0.25) is 5.02 Å². The van der Waals surface area contributed by atoms with Crippen molar-refractivity contribution in [2.24, 2.45) is 0 Å². The molecule has 0 fully saturated rings. The number of halogens is 1. The average molecular weight is 281 g/mol. The number of aromatic nitrogens is 2. The quantitative estimate of drug-likeness (QED) is 0.803. The number of carbonyl (C=O) groups is 1. The number of rotatable bonds is 3. The maximum absolute atomic E-state index is 12.1. The number of nitrogens with two attached hydrogens (primary N) is 1. The molecule has 0 aliphatic carbocycles. The van der Waals surface area contributed by atoms with E-state index in [1.165, 1.54) is 13.2 Å². The molecule has 0 aliphatic heterocycles. The molecule has 1 aromatic heterocycles. The van der Waals surface area contributed by atoms with Gasteiger partial charge in [-0.1, -0.05) is 11.6 Å². The van der Waals surface area contributed by atoms with E-state index in [0.717, 1.165) is 0 Å². The van der Waals surface area contributed by atoms with Crippen LogP contribution >= 0.6 is 11.6 Å². The summed E-state index contributed by atoms with van der Waals surface area (Å²) in [6.45, 7) is 1.76. The van der Waals surface area contributed by atoms with Crippen LogP contribution in [0.5, 0.6) is 5.75 Å². The Kier molecular flexibility index (Phi) is 3.62. The molecule has 2 rings (SSSR count). The highest BCUT2D eigenvalue weighted by Gasteiger charge is 2.16. The van der Waals surface area contributed by atoms with Crippen molar-refractivity contribution < 1.29 is 9.53 Å². The number of aromatic amines is 1. The van der Waals surface area contributed by atoms with Gasteiger partial charge in [-0.15, -0.1) is 0 Å². The van der Waals surface area contributed by atoms with Gasteiger partial charge < -0.3 is 15.8 Å². The van der Waals surface area contributed by atoms with Crippen LogP contribution in [0.4, 0.5) is 11.5 Å². The lowest BCUT2D eigenvalue weighted by Crippen LogP contribution is -2.14. The minimum absolute atomic E-state index is 0.282. The lowest BCUT2D eigenvalue weighted by molar-refractivity contribution is 0.102. The Hall–Kier alpha value is -2.21. The van der Waals surface area contributed by atoms with Crippen molar-refractivity contribution >= 4 is 29.0 Å². The predicted molar refractivity (Wildman–Crippen MR) is 73.7 cm³/mol. The molecule has 0 aliphatic rings. The number of hydrogen-bond acceptors (Lipinski definition) is 4. The van der Waals surface area contributed by atoms with Gasteiger partial charge in [0.05, 0.1) is 24.1 Å². The standard InChI is InChI=1S/C12H13ClN4O2/c1-6-10(14)11(17-16-6)15-12(18)8-5-7(13)3-4-9(8)19-2/h3-5H,14H2,1-2H3,(H2,15,16,17,18). The van der Waals surface area contributed by atoms with E-state index in [-0.39, 0.29) is 5.82 Å². The Morgan fingerprint density at radius 2 is 2.26 bits per heavy atom. The number of methoxy groups -OCH3 is 1. The van der Waals surface area contributed by atoms with E-state index in [1.54, 1.807) is 19.1 Å². The molecule has 0 atom stereocenters. The first-order valence-electron chi connectivity index (χ1n) is 5.48. The Bertz CT molecular complexity index is 624. The minimum atomic E-state index is -0.391. The van der Waals surface area contributed by atoms with Crippen LogP contribution < -0.4 is 15.8 Å². The molecule has 19 heavy (non-hydrogen) atoms. The molecule has 1 heterocycles. The summed E-state index contributed by atoms with van der Waals surface area (Å²) in [6.07, 6.45) is 0. The van der Waals surface area contributed by atoms with Gasteiger partial charge in [-0.2, -0.15) is 5.10 Å². The van der Waals surface area contributed by atoms with Crippen LogP contribution in [-0.2, 0) is 0 Å². The van der Waals surface area contributed by atoms with Crippen molar-refractivity contribution in [1.82, 2.24) is 10.2 Å². The molecule has 6 nitrogen and oxygen atoms in total. The van der Waals surface area contributed by atoms with Crippen LogP contribution in [0.15, 0.2) is 18.2 Å². The zero-order chi connectivity index (χ0) is 14.0. The van der Waals surface area contributed by atoms with E-state index in [1.807, 2.05) is 0 Å². The number of nitrogens with zero attached hydrogens (tertiary/aromatic N) is 1. The largest absolute Gasteiger partial charge is 0.496 e. The SMILES string of the molecule is COc1ccc(Cl)cc1C(=O)Nc1n[nH]c(C)c1N. The maximum Gasteiger partial charge on any atom is 0.260 e. The third kappa shape index (κ3) is 2.63. The van der Waals surface area contributed by atoms with Gasteiger partial charge in [0.25, 0.3) is 5.91 Å². The van der Waals surface area contributed by atoms with Crippen LogP contribution in [0, 0.1) is 6.92 Å². The summed E-state index contributed by atoms with van der Waals surface area (Å²) < 4.78 is 5.12. The van der Waals surface area contributed by atoms with Gasteiger partial charge in [-0.25, -0.2) is 0 Å². The summed E-state index contributed by atoms with van der Waals surface area (Å²) in [5, 5.41) is 9.64. The molecule has 0 unspecified atom stereocenters. The predicted octanol–water partition coefficient (Wildman–Crippen LogP) is 2.21. The normalized spacial score (nSPS) is 10.3. The minimum Gasteiger partial charge on any atom is -0.496 e. The highest BCUT2D eigenvalue weighted by molar-refractivity contribution is 6.31. The fourth-order valence-electron chi connectivity index (χ4n) is 1.57. The molecule has 0 spiro atoms. The number of H-pyrrole nitrogens is 1. The van der Waals surface area contributed by atoms with Crippen molar-refractivity contribution in [3.63, 3.8) is 0 Å². The Labute approximate surface area is 114 Å². The third-order valence-corrected chi connectivity index (χ3v) is 2.87. The summed E-state index contributed by atoms with van der Waals surface area (Å²) in [4.78, 5) is 12.1. The van der Waals surface area contributed by atoms with Crippen molar-refractivity contribution in [1.29, 1.82) is 0 Å². The van der Waals surface area contributed by atoms with Crippen molar-refractivity contribution in [3.05, 3.63) is 34.5 Å². The van der Waals surface area contributed by atoms with Gasteiger partial charge in [-0.05, 0) is 25.1 Å². The number of benzene rings is 1. The first-order chi connectivity index (χ1) is 9.02. The second-order valence-corrected chi connectivity index (χ2v) is 4.35. The van der Waals surface area contributed by atoms with Crippen LogP contribution in [0.25, 0.3) is 0 Å². The molecule has 1 amide bonds. The molecule has 100 valence electrons. The molecule has 0 saturated heterocycles. The molecule has 0 bridgehead atoms. The van der Waals surface area contributed by atoms with Gasteiger partial charge in [-0.3, -0.25) is 9.89 Å². The number of hydrogen-bond donors (Lipinski definition) is 3. The Balaban J connectivity index is 2.30. The van der Waals surface area contributed by atoms with Crippen LogP contribution in [0.3, 0.4) is 0 Å². The second kappa shape index (κ2) is 5.19. The molecule has 0 radical (unpaired) electrons. The van der Waals surface area contributed by atoms with E-state index >= 15 is 0 Å². The number of nitrogens with one attached hydrogen (secondary N) is 2. The van der Waals surface area contributed by atoms with Gasteiger partial charge in [0.1, 0.15) is 5.75 Å². The highest BCUT2D eigenvalue weighted by Crippen LogP contribution is 2.25. The molecule has 4 N–H and O–H groups in total. The van der Waals surface area contributed by atoms with E-state index < -0.39 is 5.91 Å². The van der Waals surface area contributed by atoms with E-state index in [9.17, 15) is 4.79 Å². The third-order valence-electron chi connectivity index (χ3n) is 2.63. The van der Waals surface area contributed by atoms with E-state index in [0.29, 0.717) is 27.7 Å².